The average molecular weight is 245 g/mol. The lowest BCUT2D eigenvalue weighted by molar-refractivity contribution is 0.608. The summed E-state index contributed by atoms with van der Waals surface area (Å²) < 4.78 is 1.98. The fourth-order valence-electron chi connectivity index (χ4n) is 1.91. The predicted octanol–water partition coefficient (Wildman–Crippen LogP) is 2.49. The first-order valence-corrected chi connectivity index (χ1v) is 6.36. The Hall–Kier alpha value is -1.91. The highest BCUT2D eigenvalue weighted by molar-refractivity contribution is 5.58. The highest BCUT2D eigenvalue weighted by Crippen LogP contribution is 2.19. The Morgan fingerprint density at radius 3 is 2.83 bits per heavy atom. The standard InChI is InChI=1S/C13H19N5/c1-4-8-18-12(6-7-15-18)11-9-13(14-5-2)17-10(3)16-11/h6-7,9H,4-5,8H2,1-3H3,(H,14,16,17). The number of nitrogens with zero attached hydrogens (tertiary/aromatic N) is 4. The Balaban J connectivity index is 2.39. The quantitative estimate of drug-likeness (QED) is 0.879. The summed E-state index contributed by atoms with van der Waals surface area (Å²) in [6.07, 6.45) is 2.87. The lowest BCUT2D eigenvalue weighted by Crippen LogP contribution is -2.05. The number of aromatic nitrogens is 4. The molecule has 0 aliphatic carbocycles. The predicted molar refractivity (Wildman–Crippen MR) is 72.4 cm³/mol. The van der Waals surface area contributed by atoms with Gasteiger partial charge in [0.1, 0.15) is 11.6 Å². The Bertz CT molecular complexity index is 518. The molecule has 0 amide bonds. The average Bonchev–Trinajstić information content (AvgIpc) is 2.77. The van der Waals surface area contributed by atoms with E-state index in [9.17, 15) is 0 Å². The molecule has 5 heteroatoms. The molecular formula is C13H19N5. The third kappa shape index (κ3) is 2.67. The molecule has 2 rings (SSSR count). The SMILES string of the molecule is CCCn1nccc1-c1cc(NCC)nc(C)n1. The van der Waals surface area contributed by atoms with Crippen LogP contribution in [0, 0.1) is 6.92 Å². The highest BCUT2D eigenvalue weighted by Gasteiger charge is 2.08. The number of rotatable bonds is 5. The van der Waals surface area contributed by atoms with E-state index in [-0.39, 0.29) is 0 Å². The third-order valence-electron chi connectivity index (χ3n) is 2.61. The Morgan fingerprint density at radius 2 is 2.11 bits per heavy atom. The van der Waals surface area contributed by atoms with E-state index >= 15 is 0 Å². The third-order valence-corrected chi connectivity index (χ3v) is 2.61. The number of hydrogen-bond donors (Lipinski definition) is 1. The van der Waals surface area contributed by atoms with Crippen molar-refractivity contribution >= 4 is 5.82 Å². The van der Waals surface area contributed by atoms with Gasteiger partial charge >= 0.3 is 0 Å². The van der Waals surface area contributed by atoms with Gasteiger partial charge < -0.3 is 5.32 Å². The van der Waals surface area contributed by atoms with Gasteiger partial charge in [-0.2, -0.15) is 5.10 Å². The molecule has 0 aromatic carbocycles. The van der Waals surface area contributed by atoms with Crippen molar-refractivity contribution in [2.45, 2.75) is 33.7 Å². The fraction of sp³-hybridized carbons (Fsp3) is 0.462. The van der Waals surface area contributed by atoms with Gasteiger partial charge in [0.15, 0.2) is 0 Å². The summed E-state index contributed by atoms with van der Waals surface area (Å²) in [4.78, 5) is 8.85. The first-order chi connectivity index (χ1) is 8.74. The second kappa shape index (κ2) is 5.62. The van der Waals surface area contributed by atoms with Crippen LogP contribution in [0.15, 0.2) is 18.3 Å². The zero-order valence-electron chi connectivity index (χ0n) is 11.1. The molecule has 0 saturated carbocycles. The molecule has 1 N–H and O–H groups in total. The van der Waals surface area contributed by atoms with Gasteiger partial charge in [0.2, 0.25) is 0 Å². The molecule has 96 valence electrons. The van der Waals surface area contributed by atoms with Crippen molar-refractivity contribution in [1.82, 2.24) is 19.7 Å². The van der Waals surface area contributed by atoms with Gasteiger partial charge in [-0.25, -0.2) is 9.97 Å². The molecule has 0 bridgehead atoms. The van der Waals surface area contributed by atoms with Crippen molar-refractivity contribution in [1.29, 1.82) is 0 Å². The van der Waals surface area contributed by atoms with Crippen LogP contribution in [0.1, 0.15) is 26.1 Å². The minimum absolute atomic E-state index is 0.771. The van der Waals surface area contributed by atoms with E-state index in [4.69, 9.17) is 0 Å². The molecule has 0 aliphatic heterocycles. The van der Waals surface area contributed by atoms with Crippen molar-refractivity contribution < 1.29 is 0 Å². The maximum atomic E-state index is 4.49. The Labute approximate surface area is 107 Å². The van der Waals surface area contributed by atoms with Crippen LogP contribution in [-0.2, 0) is 6.54 Å². The van der Waals surface area contributed by atoms with Crippen molar-refractivity contribution in [3.63, 3.8) is 0 Å². The van der Waals surface area contributed by atoms with Crippen molar-refractivity contribution in [2.24, 2.45) is 0 Å². The second-order valence-electron chi connectivity index (χ2n) is 4.16. The minimum atomic E-state index is 0.771. The fourth-order valence-corrected chi connectivity index (χ4v) is 1.91. The minimum Gasteiger partial charge on any atom is -0.370 e. The maximum absolute atomic E-state index is 4.49. The lowest BCUT2D eigenvalue weighted by Gasteiger charge is -2.08. The van der Waals surface area contributed by atoms with E-state index in [1.54, 1.807) is 0 Å². The van der Waals surface area contributed by atoms with Crippen molar-refractivity contribution in [2.75, 3.05) is 11.9 Å². The van der Waals surface area contributed by atoms with Crippen LogP contribution in [-0.4, -0.2) is 26.3 Å². The van der Waals surface area contributed by atoms with Gasteiger partial charge in [0, 0.05) is 25.4 Å². The summed E-state index contributed by atoms with van der Waals surface area (Å²) in [6.45, 7) is 7.86. The van der Waals surface area contributed by atoms with E-state index in [1.165, 1.54) is 0 Å². The number of anilines is 1. The van der Waals surface area contributed by atoms with E-state index in [1.807, 2.05) is 29.9 Å². The van der Waals surface area contributed by atoms with Crippen molar-refractivity contribution in [3.8, 4) is 11.4 Å². The van der Waals surface area contributed by atoms with Gasteiger partial charge in [0.25, 0.3) is 0 Å². The smallest absolute Gasteiger partial charge is 0.130 e. The van der Waals surface area contributed by atoms with Crippen LogP contribution >= 0.6 is 0 Å². The van der Waals surface area contributed by atoms with Crippen LogP contribution in [0.5, 0.6) is 0 Å². The van der Waals surface area contributed by atoms with E-state index in [2.05, 4.69) is 34.2 Å². The summed E-state index contributed by atoms with van der Waals surface area (Å²) in [5, 5.41) is 7.54. The highest BCUT2D eigenvalue weighted by atomic mass is 15.3. The first kappa shape index (κ1) is 12.5. The van der Waals surface area contributed by atoms with E-state index in [0.717, 1.165) is 42.5 Å². The van der Waals surface area contributed by atoms with Gasteiger partial charge in [-0.3, -0.25) is 4.68 Å². The summed E-state index contributed by atoms with van der Waals surface area (Å²) in [5.74, 6) is 1.64. The molecule has 18 heavy (non-hydrogen) atoms. The van der Waals surface area contributed by atoms with E-state index < -0.39 is 0 Å². The molecule has 2 heterocycles. The summed E-state index contributed by atoms with van der Waals surface area (Å²) >= 11 is 0. The molecule has 5 nitrogen and oxygen atoms in total. The summed E-state index contributed by atoms with van der Waals surface area (Å²) in [6, 6.07) is 3.97. The van der Waals surface area contributed by atoms with Crippen LogP contribution in [0.3, 0.4) is 0 Å². The zero-order valence-corrected chi connectivity index (χ0v) is 11.1. The molecule has 0 unspecified atom stereocenters. The van der Waals surface area contributed by atoms with Crippen LogP contribution in [0.4, 0.5) is 5.82 Å². The normalized spacial score (nSPS) is 10.6. The number of nitrogens with one attached hydrogen (secondary N) is 1. The van der Waals surface area contributed by atoms with Crippen LogP contribution < -0.4 is 5.32 Å². The van der Waals surface area contributed by atoms with Gasteiger partial charge in [0.05, 0.1) is 11.4 Å². The molecule has 0 spiro atoms. The van der Waals surface area contributed by atoms with Crippen LogP contribution in [0.2, 0.25) is 0 Å². The van der Waals surface area contributed by atoms with E-state index in [0.29, 0.717) is 0 Å². The topological polar surface area (TPSA) is 55.6 Å². The summed E-state index contributed by atoms with van der Waals surface area (Å²) in [5.41, 5.74) is 1.96. The molecule has 0 atom stereocenters. The molecular weight excluding hydrogens is 226 g/mol. The van der Waals surface area contributed by atoms with Gasteiger partial charge in [-0.1, -0.05) is 6.92 Å². The molecule has 0 aliphatic rings. The molecule has 0 radical (unpaired) electrons. The van der Waals surface area contributed by atoms with Gasteiger partial charge in [-0.15, -0.1) is 0 Å². The Kier molecular flexibility index (Phi) is 3.92. The van der Waals surface area contributed by atoms with Crippen molar-refractivity contribution in [3.05, 3.63) is 24.2 Å². The summed E-state index contributed by atoms with van der Waals surface area (Å²) in [7, 11) is 0. The molecule has 0 fully saturated rings. The first-order valence-electron chi connectivity index (χ1n) is 6.36. The van der Waals surface area contributed by atoms with Gasteiger partial charge in [-0.05, 0) is 26.3 Å². The zero-order chi connectivity index (χ0) is 13.0. The monoisotopic (exact) mass is 245 g/mol. The lowest BCUT2D eigenvalue weighted by atomic mass is 10.2. The van der Waals surface area contributed by atoms with Crippen LogP contribution in [0.25, 0.3) is 11.4 Å². The molecule has 2 aromatic heterocycles. The Morgan fingerprint density at radius 1 is 1.28 bits per heavy atom. The molecule has 0 saturated heterocycles. The second-order valence-corrected chi connectivity index (χ2v) is 4.16. The number of aryl methyl sites for hydroxylation is 2. The number of hydrogen-bond acceptors (Lipinski definition) is 4. The maximum Gasteiger partial charge on any atom is 0.130 e. The largest absolute Gasteiger partial charge is 0.370 e. The molecule has 2 aromatic rings.